The van der Waals surface area contributed by atoms with Crippen LogP contribution in [0.1, 0.15) is 37.8 Å². The summed E-state index contributed by atoms with van der Waals surface area (Å²) in [5.74, 6) is 0. The lowest BCUT2D eigenvalue weighted by Gasteiger charge is -2.38. The summed E-state index contributed by atoms with van der Waals surface area (Å²) in [4.78, 5) is 15.0. The zero-order valence-corrected chi connectivity index (χ0v) is 20.4. The van der Waals surface area contributed by atoms with Crippen LogP contribution in [0.15, 0.2) is 64.2 Å². The number of rotatable bonds is 4. The summed E-state index contributed by atoms with van der Waals surface area (Å²) in [6.07, 6.45) is 2.51. The fourth-order valence-corrected chi connectivity index (χ4v) is 7.82. The number of piperidine rings is 1. The summed E-state index contributed by atoms with van der Waals surface area (Å²) in [6, 6.07) is 17.7. The maximum absolute atomic E-state index is 13.1. The number of nitrogens with one attached hydrogen (secondary N) is 1. The summed E-state index contributed by atoms with van der Waals surface area (Å²) in [5, 5.41) is 7.31. The minimum absolute atomic E-state index is 0.0154. The van der Waals surface area contributed by atoms with Gasteiger partial charge in [-0.1, -0.05) is 48.5 Å². The molecule has 2 aromatic carbocycles. The van der Waals surface area contributed by atoms with E-state index in [9.17, 15) is 13.2 Å². The van der Waals surface area contributed by atoms with E-state index in [0.29, 0.717) is 30.4 Å². The highest BCUT2D eigenvalue weighted by atomic mass is 32.2. The molecule has 33 heavy (non-hydrogen) atoms. The summed E-state index contributed by atoms with van der Waals surface area (Å²) in [7, 11) is -3.40. The van der Waals surface area contributed by atoms with Crippen LogP contribution in [0.5, 0.6) is 0 Å². The average molecular weight is 484 g/mol. The first-order valence-corrected chi connectivity index (χ1v) is 13.8. The zero-order chi connectivity index (χ0) is 23.1. The molecule has 2 aliphatic rings. The van der Waals surface area contributed by atoms with E-state index in [1.807, 2.05) is 30.0 Å². The summed E-state index contributed by atoms with van der Waals surface area (Å²) in [6.45, 7) is 4.46. The molecule has 2 fully saturated rings. The van der Waals surface area contributed by atoms with E-state index < -0.39 is 10.0 Å². The third-order valence-corrected chi connectivity index (χ3v) is 10.5. The lowest BCUT2D eigenvalue weighted by molar-refractivity contribution is 0.154. The molecule has 2 saturated heterocycles. The molecule has 1 spiro atoms. The SMILES string of the molecule is CC(NC(=O)N1CCC2(CCN(S(=O)(=O)c3cccs3)CC2)C1)c1cccc2ccccc12. The Morgan fingerprint density at radius 2 is 1.73 bits per heavy atom. The van der Waals surface area contributed by atoms with Gasteiger partial charge in [0.1, 0.15) is 4.21 Å². The highest BCUT2D eigenvalue weighted by molar-refractivity contribution is 7.91. The zero-order valence-electron chi connectivity index (χ0n) is 18.7. The van der Waals surface area contributed by atoms with E-state index in [1.54, 1.807) is 21.8 Å². The monoisotopic (exact) mass is 483 g/mol. The quantitative estimate of drug-likeness (QED) is 0.577. The Balaban J connectivity index is 1.21. The van der Waals surface area contributed by atoms with Crippen LogP contribution in [0.2, 0.25) is 0 Å². The molecule has 174 valence electrons. The van der Waals surface area contributed by atoms with Gasteiger partial charge in [-0.15, -0.1) is 11.3 Å². The van der Waals surface area contributed by atoms with E-state index in [0.717, 1.165) is 30.2 Å². The summed E-state index contributed by atoms with van der Waals surface area (Å²) in [5.41, 5.74) is 1.13. The molecule has 0 bridgehead atoms. The number of sulfonamides is 1. The third-order valence-electron chi connectivity index (χ3n) is 7.23. The molecule has 5 rings (SSSR count). The van der Waals surface area contributed by atoms with Gasteiger partial charge in [0.05, 0.1) is 6.04 Å². The van der Waals surface area contributed by atoms with Crippen LogP contribution in [-0.4, -0.2) is 49.8 Å². The molecule has 8 heteroatoms. The fourth-order valence-electron chi connectivity index (χ4n) is 5.24. The second-order valence-corrected chi connectivity index (χ2v) is 12.4. The van der Waals surface area contributed by atoms with Crippen LogP contribution in [-0.2, 0) is 10.0 Å². The maximum atomic E-state index is 13.1. The van der Waals surface area contributed by atoms with Crippen molar-refractivity contribution in [2.75, 3.05) is 26.2 Å². The van der Waals surface area contributed by atoms with Gasteiger partial charge in [0, 0.05) is 26.2 Å². The first-order valence-electron chi connectivity index (χ1n) is 11.4. The Kier molecular flexibility index (Phi) is 5.93. The van der Waals surface area contributed by atoms with Gasteiger partial charge in [-0.25, -0.2) is 13.2 Å². The molecular formula is C25H29N3O3S2. The third kappa shape index (κ3) is 4.27. The van der Waals surface area contributed by atoms with Gasteiger partial charge in [0.2, 0.25) is 0 Å². The smallest absolute Gasteiger partial charge is 0.317 e. The molecule has 1 unspecified atom stereocenters. The number of nitrogens with zero attached hydrogens (tertiary/aromatic N) is 2. The lowest BCUT2D eigenvalue weighted by atomic mass is 9.78. The molecule has 0 aliphatic carbocycles. The van der Waals surface area contributed by atoms with Crippen LogP contribution in [0.3, 0.4) is 0 Å². The highest BCUT2D eigenvalue weighted by Gasteiger charge is 2.44. The summed E-state index contributed by atoms with van der Waals surface area (Å²) >= 11 is 1.27. The number of benzene rings is 2. The maximum Gasteiger partial charge on any atom is 0.317 e. The van der Waals surface area contributed by atoms with Crippen molar-refractivity contribution < 1.29 is 13.2 Å². The van der Waals surface area contributed by atoms with Gasteiger partial charge in [-0.05, 0) is 59.4 Å². The van der Waals surface area contributed by atoms with Gasteiger partial charge in [0.15, 0.2) is 0 Å². The van der Waals surface area contributed by atoms with Crippen molar-refractivity contribution in [3.8, 4) is 0 Å². The van der Waals surface area contributed by atoms with Crippen molar-refractivity contribution in [1.29, 1.82) is 0 Å². The molecule has 2 aliphatic heterocycles. The molecule has 3 aromatic rings. The fraction of sp³-hybridized carbons (Fsp3) is 0.400. The highest BCUT2D eigenvalue weighted by Crippen LogP contribution is 2.41. The van der Waals surface area contributed by atoms with Gasteiger partial charge in [-0.2, -0.15) is 4.31 Å². The van der Waals surface area contributed by atoms with Crippen molar-refractivity contribution in [3.05, 3.63) is 65.5 Å². The normalized spacial score (nSPS) is 19.7. The number of thiophene rings is 1. The first kappa shape index (κ1) is 22.4. The first-order chi connectivity index (χ1) is 15.9. The number of urea groups is 1. The number of carbonyl (C=O) groups is 1. The molecule has 0 radical (unpaired) electrons. The molecule has 1 N–H and O–H groups in total. The largest absolute Gasteiger partial charge is 0.331 e. The lowest BCUT2D eigenvalue weighted by Crippen LogP contribution is -2.45. The predicted octanol–water partition coefficient (Wildman–Crippen LogP) is 4.85. The van der Waals surface area contributed by atoms with Gasteiger partial charge in [0.25, 0.3) is 10.0 Å². The number of likely N-dealkylation sites (tertiary alicyclic amines) is 1. The standard InChI is InChI=1S/C25H29N3O3S2/c1-19(21-9-4-7-20-6-2-3-8-22(20)21)26-24(29)27-14-11-25(18-27)12-15-28(16-13-25)33(30,31)23-10-5-17-32-23/h2-10,17,19H,11-16,18H2,1H3,(H,26,29). The topological polar surface area (TPSA) is 69.7 Å². The van der Waals surface area contributed by atoms with Crippen molar-refractivity contribution in [2.45, 2.75) is 36.4 Å². The molecule has 0 saturated carbocycles. The molecular weight excluding hydrogens is 454 g/mol. The minimum atomic E-state index is -3.40. The minimum Gasteiger partial charge on any atom is -0.331 e. The van der Waals surface area contributed by atoms with E-state index in [1.165, 1.54) is 16.7 Å². The second kappa shape index (κ2) is 8.74. The second-order valence-electron chi connectivity index (χ2n) is 9.25. The van der Waals surface area contributed by atoms with E-state index in [2.05, 4.69) is 29.6 Å². The van der Waals surface area contributed by atoms with Crippen LogP contribution >= 0.6 is 11.3 Å². The average Bonchev–Trinajstić information content (AvgIpc) is 3.50. The van der Waals surface area contributed by atoms with E-state index >= 15 is 0 Å². The van der Waals surface area contributed by atoms with Gasteiger partial charge in [-0.3, -0.25) is 0 Å². The van der Waals surface area contributed by atoms with Crippen molar-refractivity contribution in [2.24, 2.45) is 5.41 Å². The Hall–Kier alpha value is -2.42. The Bertz CT molecular complexity index is 1240. The Morgan fingerprint density at radius 3 is 2.48 bits per heavy atom. The van der Waals surface area contributed by atoms with Crippen molar-refractivity contribution in [3.63, 3.8) is 0 Å². The Morgan fingerprint density at radius 1 is 1.00 bits per heavy atom. The molecule has 6 nitrogen and oxygen atoms in total. The van der Waals surface area contributed by atoms with Crippen LogP contribution in [0.25, 0.3) is 10.8 Å². The van der Waals surface area contributed by atoms with Crippen molar-refractivity contribution >= 4 is 38.2 Å². The van der Waals surface area contributed by atoms with Crippen LogP contribution in [0, 0.1) is 5.41 Å². The van der Waals surface area contributed by atoms with Crippen LogP contribution < -0.4 is 5.32 Å². The van der Waals surface area contributed by atoms with Gasteiger partial charge >= 0.3 is 6.03 Å². The van der Waals surface area contributed by atoms with Crippen molar-refractivity contribution in [1.82, 2.24) is 14.5 Å². The Labute approximate surface area is 199 Å². The number of amides is 2. The van der Waals surface area contributed by atoms with E-state index in [-0.39, 0.29) is 17.5 Å². The number of fused-ring (bicyclic) bond motifs is 1. The molecule has 2 amide bonds. The number of hydrogen-bond acceptors (Lipinski definition) is 4. The van der Waals surface area contributed by atoms with E-state index in [4.69, 9.17) is 0 Å². The molecule has 1 atom stereocenters. The number of carbonyl (C=O) groups excluding carboxylic acids is 1. The van der Waals surface area contributed by atoms with Crippen LogP contribution in [0.4, 0.5) is 4.79 Å². The predicted molar refractivity (Wildman–Crippen MR) is 132 cm³/mol. The van der Waals surface area contributed by atoms with Gasteiger partial charge < -0.3 is 10.2 Å². The number of hydrogen-bond donors (Lipinski definition) is 1. The molecule has 1 aromatic heterocycles. The molecule has 3 heterocycles. The summed E-state index contributed by atoms with van der Waals surface area (Å²) < 4.78 is 27.7.